The van der Waals surface area contributed by atoms with Gasteiger partial charge >= 0.3 is 0 Å². The molecule has 0 spiro atoms. The Bertz CT molecular complexity index is 521. The average molecular weight is 221 g/mol. The summed E-state index contributed by atoms with van der Waals surface area (Å²) in [6.07, 6.45) is 0.897. The van der Waals surface area contributed by atoms with Gasteiger partial charge in [-0.05, 0) is 37.1 Å². The number of hydrogen-bond acceptors (Lipinski definition) is 2. The van der Waals surface area contributed by atoms with E-state index in [-0.39, 0.29) is 0 Å². The van der Waals surface area contributed by atoms with Crippen LogP contribution < -0.4 is 5.73 Å². The van der Waals surface area contributed by atoms with E-state index in [9.17, 15) is 0 Å². The predicted molar refractivity (Wildman–Crippen MR) is 65.3 cm³/mol. The molecule has 3 heteroatoms. The van der Waals surface area contributed by atoms with Crippen molar-refractivity contribution >= 4 is 28.2 Å². The van der Waals surface area contributed by atoms with Crippen molar-refractivity contribution in [1.82, 2.24) is 4.98 Å². The molecule has 0 bridgehead atoms. The lowest BCUT2D eigenvalue weighted by atomic mass is 10.1. The van der Waals surface area contributed by atoms with Gasteiger partial charge in [0.2, 0.25) is 0 Å². The molecule has 1 aromatic carbocycles. The number of nitrogens with zero attached hydrogens (tertiary/aromatic N) is 1. The number of benzene rings is 1. The van der Waals surface area contributed by atoms with Crippen LogP contribution in [0.15, 0.2) is 18.2 Å². The molecular formula is C12H13ClN2. The van der Waals surface area contributed by atoms with E-state index in [0.29, 0.717) is 5.02 Å². The Morgan fingerprint density at radius 2 is 2.13 bits per heavy atom. The number of nitrogens with two attached hydrogens (primary N) is 1. The molecule has 2 aromatic rings. The molecule has 0 saturated heterocycles. The second-order valence-electron chi connectivity index (χ2n) is 3.61. The van der Waals surface area contributed by atoms with E-state index in [1.165, 1.54) is 0 Å². The van der Waals surface area contributed by atoms with Gasteiger partial charge < -0.3 is 5.73 Å². The van der Waals surface area contributed by atoms with Crippen LogP contribution in [0.5, 0.6) is 0 Å². The molecule has 1 heterocycles. The Morgan fingerprint density at radius 1 is 1.40 bits per heavy atom. The third kappa shape index (κ3) is 1.65. The summed E-state index contributed by atoms with van der Waals surface area (Å²) in [5.74, 6) is 0. The third-order valence-corrected chi connectivity index (χ3v) is 2.91. The van der Waals surface area contributed by atoms with Crippen molar-refractivity contribution in [2.24, 2.45) is 0 Å². The maximum absolute atomic E-state index is 6.06. The number of nitrogen functional groups attached to an aromatic ring is 1. The van der Waals surface area contributed by atoms with Crippen LogP contribution in [0.1, 0.15) is 18.2 Å². The van der Waals surface area contributed by atoms with Crippen LogP contribution >= 0.6 is 11.6 Å². The first-order chi connectivity index (χ1) is 7.13. The molecule has 0 saturated carbocycles. The molecule has 2 nitrogen and oxygen atoms in total. The lowest BCUT2D eigenvalue weighted by molar-refractivity contribution is 1.03. The predicted octanol–water partition coefficient (Wildman–Crippen LogP) is 3.34. The number of aryl methyl sites for hydroxylation is 1. The van der Waals surface area contributed by atoms with Gasteiger partial charge in [-0.1, -0.05) is 18.5 Å². The molecule has 0 amide bonds. The molecule has 0 aliphatic carbocycles. The topological polar surface area (TPSA) is 38.9 Å². The maximum atomic E-state index is 6.06. The Labute approximate surface area is 94.1 Å². The fourth-order valence-corrected chi connectivity index (χ4v) is 1.92. The van der Waals surface area contributed by atoms with E-state index < -0.39 is 0 Å². The highest BCUT2D eigenvalue weighted by Crippen LogP contribution is 2.27. The maximum Gasteiger partial charge on any atom is 0.0727 e. The van der Waals surface area contributed by atoms with Gasteiger partial charge in [0.05, 0.1) is 5.52 Å². The second-order valence-corrected chi connectivity index (χ2v) is 4.05. The molecule has 0 radical (unpaired) electrons. The highest BCUT2D eigenvalue weighted by atomic mass is 35.5. The van der Waals surface area contributed by atoms with E-state index in [0.717, 1.165) is 34.3 Å². The zero-order valence-electron chi connectivity index (χ0n) is 8.84. The van der Waals surface area contributed by atoms with Gasteiger partial charge in [-0.25, -0.2) is 0 Å². The van der Waals surface area contributed by atoms with Crippen molar-refractivity contribution < 1.29 is 0 Å². The summed E-state index contributed by atoms with van der Waals surface area (Å²) in [4.78, 5) is 4.56. The Morgan fingerprint density at radius 3 is 2.80 bits per heavy atom. The fraction of sp³-hybridized carbons (Fsp3) is 0.250. The first-order valence-corrected chi connectivity index (χ1v) is 5.35. The Kier molecular flexibility index (Phi) is 2.53. The van der Waals surface area contributed by atoms with Crippen LogP contribution in [0, 0.1) is 6.92 Å². The number of anilines is 1. The van der Waals surface area contributed by atoms with Gasteiger partial charge in [-0.2, -0.15) is 0 Å². The summed E-state index contributed by atoms with van der Waals surface area (Å²) >= 11 is 5.93. The number of aromatic nitrogens is 1. The smallest absolute Gasteiger partial charge is 0.0727 e. The quantitative estimate of drug-likeness (QED) is 0.801. The monoisotopic (exact) mass is 220 g/mol. The molecule has 15 heavy (non-hydrogen) atoms. The minimum Gasteiger partial charge on any atom is -0.398 e. The summed E-state index contributed by atoms with van der Waals surface area (Å²) in [5.41, 5.74) is 9.89. The number of fused-ring (bicyclic) bond motifs is 1. The first-order valence-electron chi connectivity index (χ1n) is 4.97. The normalized spacial score (nSPS) is 10.9. The highest BCUT2D eigenvalue weighted by molar-refractivity contribution is 6.31. The molecule has 78 valence electrons. The van der Waals surface area contributed by atoms with Gasteiger partial charge in [0.1, 0.15) is 0 Å². The summed E-state index contributed by atoms with van der Waals surface area (Å²) in [6, 6.07) is 5.61. The van der Waals surface area contributed by atoms with Gasteiger partial charge in [-0.3, -0.25) is 4.98 Å². The van der Waals surface area contributed by atoms with Crippen molar-refractivity contribution in [3.8, 4) is 0 Å². The zero-order valence-corrected chi connectivity index (χ0v) is 9.60. The zero-order chi connectivity index (χ0) is 11.0. The summed E-state index contributed by atoms with van der Waals surface area (Å²) in [6.45, 7) is 4.08. The Balaban J connectivity index is 2.84. The molecule has 0 unspecified atom stereocenters. The van der Waals surface area contributed by atoms with Crippen molar-refractivity contribution in [2.75, 3.05) is 5.73 Å². The SMILES string of the molecule is CCc1nc2ccc(Cl)cc2c(N)c1C. The average Bonchev–Trinajstić information content (AvgIpc) is 2.24. The van der Waals surface area contributed by atoms with Gasteiger partial charge in [-0.15, -0.1) is 0 Å². The van der Waals surface area contributed by atoms with Crippen molar-refractivity contribution in [2.45, 2.75) is 20.3 Å². The summed E-state index contributed by atoms with van der Waals surface area (Å²) in [7, 11) is 0. The lowest BCUT2D eigenvalue weighted by Crippen LogP contribution is -1.99. The van der Waals surface area contributed by atoms with E-state index in [4.69, 9.17) is 17.3 Å². The first kappa shape index (κ1) is 10.2. The van der Waals surface area contributed by atoms with E-state index in [1.54, 1.807) is 0 Å². The van der Waals surface area contributed by atoms with E-state index in [1.807, 2.05) is 25.1 Å². The molecule has 1 aromatic heterocycles. The standard InChI is InChI=1S/C12H13ClN2/c1-3-10-7(2)12(14)9-6-8(13)4-5-11(9)15-10/h4-6H,3H2,1-2H3,(H2,14,15). The minimum atomic E-state index is 0.694. The molecule has 2 rings (SSSR count). The number of pyridine rings is 1. The summed E-state index contributed by atoms with van der Waals surface area (Å²) in [5, 5.41) is 1.64. The van der Waals surface area contributed by atoms with E-state index >= 15 is 0 Å². The molecule has 0 aliphatic rings. The number of rotatable bonds is 1. The second kappa shape index (κ2) is 3.70. The van der Waals surface area contributed by atoms with Gasteiger partial charge in [0.25, 0.3) is 0 Å². The van der Waals surface area contributed by atoms with Crippen molar-refractivity contribution in [1.29, 1.82) is 0 Å². The van der Waals surface area contributed by atoms with Crippen LogP contribution in [0.4, 0.5) is 5.69 Å². The van der Waals surface area contributed by atoms with Crippen LogP contribution in [0.25, 0.3) is 10.9 Å². The largest absolute Gasteiger partial charge is 0.398 e. The van der Waals surface area contributed by atoms with Crippen molar-refractivity contribution in [3.63, 3.8) is 0 Å². The molecular weight excluding hydrogens is 208 g/mol. The van der Waals surface area contributed by atoms with Crippen LogP contribution in [-0.2, 0) is 6.42 Å². The van der Waals surface area contributed by atoms with Crippen molar-refractivity contribution in [3.05, 3.63) is 34.5 Å². The molecule has 2 N–H and O–H groups in total. The molecule has 0 fully saturated rings. The highest BCUT2D eigenvalue weighted by Gasteiger charge is 2.07. The fourth-order valence-electron chi connectivity index (χ4n) is 1.75. The number of halogens is 1. The van der Waals surface area contributed by atoms with Crippen LogP contribution in [-0.4, -0.2) is 4.98 Å². The molecule has 0 aliphatic heterocycles. The van der Waals surface area contributed by atoms with Gasteiger partial charge in [0, 0.05) is 21.8 Å². The number of hydrogen-bond donors (Lipinski definition) is 1. The lowest BCUT2D eigenvalue weighted by Gasteiger charge is -2.09. The van der Waals surface area contributed by atoms with Crippen LogP contribution in [0.2, 0.25) is 5.02 Å². The van der Waals surface area contributed by atoms with E-state index in [2.05, 4.69) is 11.9 Å². The summed E-state index contributed by atoms with van der Waals surface area (Å²) < 4.78 is 0. The van der Waals surface area contributed by atoms with Gasteiger partial charge in [0.15, 0.2) is 0 Å². The van der Waals surface area contributed by atoms with Crippen LogP contribution in [0.3, 0.4) is 0 Å². The minimum absolute atomic E-state index is 0.694. The third-order valence-electron chi connectivity index (χ3n) is 2.68. The Hall–Kier alpha value is -1.28. The molecule has 0 atom stereocenters.